The molecule has 1 heterocycles. The third-order valence-electron chi connectivity index (χ3n) is 2.95. The fourth-order valence-electron chi connectivity index (χ4n) is 1.97. The number of hydrogen-bond acceptors (Lipinski definition) is 2. The van der Waals surface area contributed by atoms with Crippen molar-refractivity contribution in [2.24, 2.45) is 0 Å². The van der Waals surface area contributed by atoms with Gasteiger partial charge in [-0.1, -0.05) is 11.6 Å². The van der Waals surface area contributed by atoms with Crippen molar-refractivity contribution < 1.29 is 4.79 Å². The first-order valence-corrected chi connectivity index (χ1v) is 6.53. The first-order chi connectivity index (χ1) is 8.15. The smallest absolute Gasteiger partial charge is 0.270 e. The molecule has 0 atom stereocenters. The van der Waals surface area contributed by atoms with Crippen molar-refractivity contribution in [1.82, 2.24) is 10.3 Å². The SMILES string of the molecule is O=C(NC1CCC(Cl)CC1)c1ccc(Cl)cn1. The highest BCUT2D eigenvalue weighted by molar-refractivity contribution is 6.30. The van der Waals surface area contributed by atoms with Crippen LogP contribution >= 0.6 is 23.2 Å². The van der Waals surface area contributed by atoms with E-state index < -0.39 is 0 Å². The van der Waals surface area contributed by atoms with Crippen LogP contribution < -0.4 is 5.32 Å². The van der Waals surface area contributed by atoms with Crippen LogP contribution in [0.3, 0.4) is 0 Å². The van der Waals surface area contributed by atoms with Crippen LogP contribution in [0.25, 0.3) is 0 Å². The van der Waals surface area contributed by atoms with E-state index in [9.17, 15) is 4.79 Å². The molecule has 0 bridgehead atoms. The van der Waals surface area contributed by atoms with Gasteiger partial charge < -0.3 is 5.32 Å². The number of alkyl halides is 1. The van der Waals surface area contributed by atoms with Gasteiger partial charge in [0.1, 0.15) is 5.69 Å². The Hall–Kier alpha value is -0.800. The summed E-state index contributed by atoms with van der Waals surface area (Å²) in [7, 11) is 0. The number of halogens is 2. The van der Waals surface area contributed by atoms with Crippen molar-refractivity contribution in [3.8, 4) is 0 Å². The van der Waals surface area contributed by atoms with Crippen molar-refractivity contribution in [3.05, 3.63) is 29.0 Å². The summed E-state index contributed by atoms with van der Waals surface area (Å²) in [4.78, 5) is 15.8. The lowest BCUT2D eigenvalue weighted by molar-refractivity contribution is 0.0923. The summed E-state index contributed by atoms with van der Waals surface area (Å²) in [5.41, 5.74) is 0.405. The van der Waals surface area contributed by atoms with E-state index in [1.807, 2.05) is 0 Å². The van der Waals surface area contributed by atoms with E-state index in [2.05, 4.69) is 10.3 Å². The van der Waals surface area contributed by atoms with E-state index in [1.54, 1.807) is 12.1 Å². The molecule has 2 rings (SSSR count). The molecule has 1 fully saturated rings. The molecule has 1 amide bonds. The van der Waals surface area contributed by atoms with Crippen molar-refractivity contribution >= 4 is 29.1 Å². The predicted molar refractivity (Wildman–Crippen MR) is 68.6 cm³/mol. The lowest BCUT2D eigenvalue weighted by Crippen LogP contribution is -2.38. The summed E-state index contributed by atoms with van der Waals surface area (Å²) in [6, 6.07) is 3.51. The Morgan fingerprint density at radius 1 is 1.29 bits per heavy atom. The van der Waals surface area contributed by atoms with Gasteiger partial charge in [0.05, 0.1) is 5.02 Å². The highest BCUT2D eigenvalue weighted by Crippen LogP contribution is 2.22. The Kier molecular flexibility index (Phi) is 4.24. The monoisotopic (exact) mass is 272 g/mol. The molecule has 17 heavy (non-hydrogen) atoms. The van der Waals surface area contributed by atoms with Gasteiger partial charge in [-0.05, 0) is 37.8 Å². The Morgan fingerprint density at radius 2 is 2.00 bits per heavy atom. The van der Waals surface area contributed by atoms with Crippen LogP contribution in [0.1, 0.15) is 36.2 Å². The molecule has 1 aliphatic rings. The van der Waals surface area contributed by atoms with Gasteiger partial charge in [0.25, 0.3) is 5.91 Å². The highest BCUT2D eigenvalue weighted by Gasteiger charge is 2.21. The number of rotatable bonds is 2. The minimum atomic E-state index is -0.139. The van der Waals surface area contributed by atoms with E-state index >= 15 is 0 Å². The lowest BCUT2D eigenvalue weighted by atomic mass is 9.95. The summed E-state index contributed by atoms with van der Waals surface area (Å²) in [6.45, 7) is 0. The van der Waals surface area contributed by atoms with Gasteiger partial charge in [0.15, 0.2) is 0 Å². The van der Waals surface area contributed by atoms with Crippen LogP contribution in [0.15, 0.2) is 18.3 Å². The number of nitrogens with zero attached hydrogens (tertiary/aromatic N) is 1. The van der Waals surface area contributed by atoms with Crippen LogP contribution in [0.5, 0.6) is 0 Å². The Labute approximate surface area is 111 Å². The van der Waals surface area contributed by atoms with Crippen LogP contribution in [0.4, 0.5) is 0 Å². The fraction of sp³-hybridized carbons (Fsp3) is 0.500. The number of hydrogen-bond donors (Lipinski definition) is 1. The summed E-state index contributed by atoms with van der Waals surface area (Å²) in [5.74, 6) is -0.139. The molecule has 0 saturated heterocycles. The number of pyridine rings is 1. The number of nitrogens with one attached hydrogen (secondary N) is 1. The first kappa shape index (κ1) is 12.7. The van der Waals surface area contributed by atoms with E-state index in [0.29, 0.717) is 10.7 Å². The zero-order valence-electron chi connectivity index (χ0n) is 9.33. The topological polar surface area (TPSA) is 42.0 Å². The third kappa shape index (κ3) is 3.58. The molecule has 1 aromatic heterocycles. The van der Waals surface area contributed by atoms with Gasteiger partial charge in [-0.2, -0.15) is 0 Å². The molecule has 0 radical (unpaired) electrons. The molecule has 1 saturated carbocycles. The third-order valence-corrected chi connectivity index (χ3v) is 3.61. The Bertz CT molecular complexity index is 386. The van der Waals surface area contributed by atoms with E-state index in [1.165, 1.54) is 6.20 Å². The fourth-order valence-corrected chi connectivity index (χ4v) is 2.33. The molecular weight excluding hydrogens is 259 g/mol. The van der Waals surface area contributed by atoms with Gasteiger partial charge in [-0.3, -0.25) is 4.79 Å². The second kappa shape index (κ2) is 5.69. The van der Waals surface area contributed by atoms with E-state index in [4.69, 9.17) is 23.2 Å². The molecule has 0 aromatic carbocycles. The number of carbonyl (C=O) groups excluding carboxylic acids is 1. The van der Waals surface area contributed by atoms with Crippen LogP contribution in [0.2, 0.25) is 5.02 Å². The van der Waals surface area contributed by atoms with Crippen molar-refractivity contribution in [3.63, 3.8) is 0 Å². The van der Waals surface area contributed by atoms with Crippen LogP contribution in [0, 0.1) is 0 Å². The molecule has 0 unspecified atom stereocenters. The minimum Gasteiger partial charge on any atom is -0.348 e. The maximum atomic E-state index is 11.9. The molecule has 0 spiro atoms. The lowest BCUT2D eigenvalue weighted by Gasteiger charge is -2.25. The summed E-state index contributed by atoms with van der Waals surface area (Å²) < 4.78 is 0. The van der Waals surface area contributed by atoms with Gasteiger partial charge in [-0.25, -0.2) is 4.98 Å². The van der Waals surface area contributed by atoms with Gasteiger partial charge >= 0.3 is 0 Å². The maximum absolute atomic E-state index is 11.9. The number of aromatic nitrogens is 1. The summed E-state index contributed by atoms with van der Waals surface area (Å²) in [6.07, 6.45) is 5.27. The first-order valence-electron chi connectivity index (χ1n) is 5.71. The molecule has 1 aliphatic carbocycles. The quantitative estimate of drug-likeness (QED) is 0.841. The summed E-state index contributed by atoms with van der Waals surface area (Å²) in [5, 5.41) is 3.76. The Morgan fingerprint density at radius 3 is 2.59 bits per heavy atom. The van der Waals surface area contributed by atoms with E-state index in [-0.39, 0.29) is 17.3 Å². The Balaban J connectivity index is 1.91. The van der Waals surface area contributed by atoms with Gasteiger partial charge in [0.2, 0.25) is 0 Å². The maximum Gasteiger partial charge on any atom is 0.270 e. The predicted octanol–water partition coefficient (Wildman–Crippen LogP) is 3.01. The average molecular weight is 273 g/mol. The molecular formula is C12H14Cl2N2O. The average Bonchev–Trinajstić information content (AvgIpc) is 2.33. The number of amides is 1. The molecule has 0 aliphatic heterocycles. The largest absolute Gasteiger partial charge is 0.348 e. The molecule has 5 heteroatoms. The van der Waals surface area contributed by atoms with Crippen molar-refractivity contribution in [1.29, 1.82) is 0 Å². The number of carbonyl (C=O) groups is 1. The minimum absolute atomic E-state index is 0.139. The molecule has 1 N–H and O–H groups in total. The van der Waals surface area contributed by atoms with E-state index in [0.717, 1.165) is 25.7 Å². The highest BCUT2D eigenvalue weighted by atomic mass is 35.5. The van der Waals surface area contributed by atoms with Crippen LogP contribution in [-0.2, 0) is 0 Å². The van der Waals surface area contributed by atoms with Gasteiger partial charge in [-0.15, -0.1) is 11.6 Å². The summed E-state index contributed by atoms with van der Waals surface area (Å²) >= 11 is 11.7. The van der Waals surface area contributed by atoms with Crippen molar-refractivity contribution in [2.75, 3.05) is 0 Å². The molecule has 1 aromatic rings. The van der Waals surface area contributed by atoms with Crippen LogP contribution in [-0.4, -0.2) is 22.3 Å². The molecule has 92 valence electrons. The van der Waals surface area contributed by atoms with Crippen molar-refractivity contribution in [2.45, 2.75) is 37.1 Å². The molecule has 3 nitrogen and oxygen atoms in total. The standard InChI is InChI=1S/C12H14Cl2N2O/c13-8-1-4-10(5-2-8)16-12(17)11-6-3-9(14)7-15-11/h3,6-8,10H,1-2,4-5H2,(H,16,17). The normalized spacial score (nSPS) is 24.4. The zero-order chi connectivity index (χ0) is 12.3. The second-order valence-corrected chi connectivity index (χ2v) is 5.34. The second-order valence-electron chi connectivity index (χ2n) is 4.28. The van der Waals surface area contributed by atoms with Gasteiger partial charge in [0, 0.05) is 17.6 Å². The zero-order valence-corrected chi connectivity index (χ0v) is 10.8.